The highest BCUT2D eigenvalue weighted by atomic mass is 127. The van der Waals surface area contributed by atoms with E-state index in [1.807, 2.05) is 0 Å². The van der Waals surface area contributed by atoms with Gasteiger partial charge in [-0.2, -0.15) is 0 Å². The van der Waals surface area contributed by atoms with Crippen LogP contribution >= 0.6 is 24.0 Å². The van der Waals surface area contributed by atoms with E-state index < -0.39 is 0 Å². The Morgan fingerprint density at radius 3 is 2.75 bits per heavy atom. The van der Waals surface area contributed by atoms with Crippen LogP contribution in [0.5, 0.6) is 0 Å². The first-order chi connectivity index (χ1) is 7.26. The highest BCUT2D eigenvalue weighted by Crippen LogP contribution is 2.48. The summed E-state index contributed by atoms with van der Waals surface area (Å²) >= 11 is 0. The zero-order chi connectivity index (χ0) is 10.7. The van der Waals surface area contributed by atoms with Gasteiger partial charge < -0.3 is 15.0 Å². The SMILES string of the molecule is COCCC1(CNC2=NCCN2C)CC1.I. The number of rotatable bonds is 5. The maximum atomic E-state index is 5.14. The number of halogens is 1. The van der Waals surface area contributed by atoms with Crippen LogP contribution in [0.3, 0.4) is 0 Å². The van der Waals surface area contributed by atoms with E-state index in [1.54, 1.807) is 7.11 Å². The summed E-state index contributed by atoms with van der Waals surface area (Å²) in [6.07, 6.45) is 3.84. The Labute approximate surface area is 115 Å². The quantitative estimate of drug-likeness (QED) is 0.768. The highest BCUT2D eigenvalue weighted by Gasteiger charge is 2.42. The summed E-state index contributed by atoms with van der Waals surface area (Å²) in [5, 5.41) is 3.46. The average Bonchev–Trinajstić information content (AvgIpc) is 2.90. The van der Waals surface area contributed by atoms with Crippen molar-refractivity contribution in [3.63, 3.8) is 0 Å². The van der Waals surface area contributed by atoms with Crippen molar-refractivity contribution in [3.05, 3.63) is 0 Å². The van der Waals surface area contributed by atoms with Gasteiger partial charge in [0, 0.05) is 33.9 Å². The molecule has 0 aromatic heterocycles. The second-order valence-electron chi connectivity index (χ2n) is 4.72. The predicted molar refractivity (Wildman–Crippen MR) is 76.5 cm³/mol. The summed E-state index contributed by atoms with van der Waals surface area (Å²) in [7, 11) is 3.87. The molecule has 94 valence electrons. The standard InChI is InChI=1S/C11H21N3O.HI/c1-14-7-6-12-10(14)13-9-11(3-4-11)5-8-15-2;/h3-9H2,1-2H3,(H,12,13);1H. The Morgan fingerprint density at radius 1 is 1.50 bits per heavy atom. The smallest absolute Gasteiger partial charge is 0.193 e. The molecular weight excluding hydrogens is 317 g/mol. The van der Waals surface area contributed by atoms with Crippen LogP contribution in [0, 0.1) is 5.41 Å². The maximum absolute atomic E-state index is 5.14. The van der Waals surface area contributed by atoms with Crippen LogP contribution in [0.25, 0.3) is 0 Å². The molecule has 1 aliphatic heterocycles. The van der Waals surface area contributed by atoms with Crippen molar-refractivity contribution in [1.82, 2.24) is 10.2 Å². The molecule has 0 atom stereocenters. The molecule has 1 aliphatic carbocycles. The molecule has 1 fully saturated rings. The molecule has 0 aromatic rings. The Bertz CT molecular complexity index is 254. The molecule has 0 aromatic carbocycles. The fraction of sp³-hybridized carbons (Fsp3) is 0.909. The van der Waals surface area contributed by atoms with Crippen LogP contribution in [0.1, 0.15) is 19.3 Å². The van der Waals surface area contributed by atoms with Crippen molar-refractivity contribution in [2.24, 2.45) is 10.4 Å². The van der Waals surface area contributed by atoms with Crippen LogP contribution in [0.2, 0.25) is 0 Å². The van der Waals surface area contributed by atoms with Gasteiger partial charge in [-0.05, 0) is 24.7 Å². The van der Waals surface area contributed by atoms with Gasteiger partial charge in [0.1, 0.15) is 0 Å². The Balaban J connectivity index is 0.00000128. The summed E-state index contributed by atoms with van der Waals surface area (Å²) in [6.45, 7) is 3.92. The Hall–Kier alpha value is -0.0400. The van der Waals surface area contributed by atoms with E-state index in [2.05, 4.69) is 22.3 Å². The third-order valence-electron chi connectivity index (χ3n) is 3.47. The van der Waals surface area contributed by atoms with Gasteiger partial charge in [0.15, 0.2) is 5.96 Å². The zero-order valence-corrected chi connectivity index (χ0v) is 12.5. The molecule has 0 amide bonds. The monoisotopic (exact) mass is 339 g/mol. The zero-order valence-electron chi connectivity index (χ0n) is 10.2. The van der Waals surface area contributed by atoms with Crippen molar-refractivity contribution in [2.75, 3.05) is 40.4 Å². The number of nitrogens with one attached hydrogen (secondary N) is 1. The molecule has 2 aliphatic rings. The van der Waals surface area contributed by atoms with Crippen LogP contribution in [-0.4, -0.2) is 51.3 Å². The third-order valence-corrected chi connectivity index (χ3v) is 3.47. The molecule has 0 unspecified atom stereocenters. The van der Waals surface area contributed by atoms with Gasteiger partial charge in [0.2, 0.25) is 0 Å². The van der Waals surface area contributed by atoms with Gasteiger partial charge in [0.05, 0.1) is 6.54 Å². The molecule has 0 radical (unpaired) electrons. The van der Waals surface area contributed by atoms with Gasteiger partial charge in [-0.3, -0.25) is 4.99 Å². The number of nitrogens with zero attached hydrogens (tertiary/aromatic N) is 2. The lowest BCUT2D eigenvalue weighted by atomic mass is 10.0. The first-order valence-corrected chi connectivity index (χ1v) is 5.74. The average molecular weight is 339 g/mol. The number of hydrogen-bond donors (Lipinski definition) is 1. The predicted octanol–water partition coefficient (Wildman–Crippen LogP) is 1.31. The molecule has 0 bridgehead atoms. The minimum Gasteiger partial charge on any atom is -0.385 e. The van der Waals surface area contributed by atoms with E-state index >= 15 is 0 Å². The molecule has 5 heteroatoms. The number of likely N-dealkylation sites (N-methyl/N-ethyl adjacent to an activating group) is 1. The fourth-order valence-corrected chi connectivity index (χ4v) is 2.00. The third kappa shape index (κ3) is 3.48. The number of hydrogen-bond acceptors (Lipinski definition) is 4. The van der Waals surface area contributed by atoms with E-state index in [0.717, 1.165) is 32.2 Å². The number of guanidine groups is 1. The van der Waals surface area contributed by atoms with Crippen LogP contribution in [0.15, 0.2) is 4.99 Å². The van der Waals surface area contributed by atoms with E-state index in [9.17, 15) is 0 Å². The first-order valence-electron chi connectivity index (χ1n) is 5.74. The van der Waals surface area contributed by atoms with Crippen molar-refractivity contribution in [1.29, 1.82) is 0 Å². The van der Waals surface area contributed by atoms with Crippen LogP contribution in [0.4, 0.5) is 0 Å². The van der Waals surface area contributed by atoms with Crippen LogP contribution < -0.4 is 5.32 Å². The van der Waals surface area contributed by atoms with Gasteiger partial charge in [-0.25, -0.2) is 0 Å². The normalized spacial score (nSPS) is 21.4. The Morgan fingerprint density at radius 2 is 2.25 bits per heavy atom. The van der Waals surface area contributed by atoms with Crippen LogP contribution in [-0.2, 0) is 4.74 Å². The summed E-state index contributed by atoms with van der Waals surface area (Å²) in [5.41, 5.74) is 0.502. The Kier molecular flexibility index (Phi) is 5.30. The molecule has 4 nitrogen and oxygen atoms in total. The summed E-state index contributed by atoms with van der Waals surface area (Å²) < 4.78 is 5.14. The number of ether oxygens (including phenoxy) is 1. The van der Waals surface area contributed by atoms with Crippen molar-refractivity contribution in [2.45, 2.75) is 19.3 Å². The minimum absolute atomic E-state index is 0. The van der Waals surface area contributed by atoms with E-state index in [1.165, 1.54) is 19.3 Å². The van der Waals surface area contributed by atoms with Gasteiger partial charge >= 0.3 is 0 Å². The summed E-state index contributed by atoms with van der Waals surface area (Å²) in [6, 6.07) is 0. The van der Waals surface area contributed by atoms with Crippen molar-refractivity contribution in [3.8, 4) is 0 Å². The summed E-state index contributed by atoms with van der Waals surface area (Å²) in [5.74, 6) is 1.07. The fourth-order valence-electron chi connectivity index (χ4n) is 2.00. The molecule has 2 rings (SSSR count). The topological polar surface area (TPSA) is 36.9 Å². The van der Waals surface area contributed by atoms with Gasteiger partial charge in [0.25, 0.3) is 0 Å². The molecule has 0 saturated heterocycles. The number of methoxy groups -OCH3 is 1. The lowest BCUT2D eigenvalue weighted by Crippen LogP contribution is -2.39. The van der Waals surface area contributed by atoms with Crippen molar-refractivity contribution >= 4 is 29.9 Å². The molecule has 1 heterocycles. The lowest BCUT2D eigenvalue weighted by molar-refractivity contribution is 0.172. The van der Waals surface area contributed by atoms with E-state index in [0.29, 0.717) is 5.41 Å². The first kappa shape index (κ1) is 14.0. The maximum Gasteiger partial charge on any atom is 0.193 e. The summed E-state index contributed by atoms with van der Waals surface area (Å²) in [4.78, 5) is 6.61. The molecule has 1 N–H and O–H groups in total. The van der Waals surface area contributed by atoms with Gasteiger partial charge in [-0.1, -0.05) is 0 Å². The van der Waals surface area contributed by atoms with E-state index in [-0.39, 0.29) is 24.0 Å². The minimum atomic E-state index is 0. The molecule has 16 heavy (non-hydrogen) atoms. The largest absolute Gasteiger partial charge is 0.385 e. The molecule has 1 saturated carbocycles. The molecule has 0 spiro atoms. The van der Waals surface area contributed by atoms with Gasteiger partial charge in [-0.15, -0.1) is 24.0 Å². The van der Waals surface area contributed by atoms with Crippen molar-refractivity contribution < 1.29 is 4.74 Å². The second-order valence-corrected chi connectivity index (χ2v) is 4.72. The lowest BCUT2D eigenvalue weighted by Gasteiger charge is -2.20. The highest BCUT2D eigenvalue weighted by molar-refractivity contribution is 14.0. The molecular formula is C11H22IN3O. The van der Waals surface area contributed by atoms with E-state index in [4.69, 9.17) is 4.74 Å². The second kappa shape index (κ2) is 6.05. The number of aliphatic imine (C=N–C) groups is 1.